The van der Waals surface area contributed by atoms with Crippen molar-refractivity contribution in [2.75, 3.05) is 0 Å². The van der Waals surface area contributed by atoms with Gasteiger partial charge in [0.1, 0.15) is 0 Å². The molecule has 5 heterocycles. The lowest BCUT2D eigenvalue weighted by Gasteiger charge is -2.10. The molecule has 0 amide bonds. The Bertz CT molecular complexity index is 3300. The summed E-state index contributed by atoms with van der Waals surface area (Å²) in [5.41, 5.74) is 27.2. The van der Waals surface area contributed by atoms with Crippen molar-refractivity contribution in [3.8, 4) is 44.5 Å². The highest BCUT2D eigenvalue weighted by atomic mass is 16.1. The molecule has 0 atom stereocenters. The Morgan fingerprint density at radius 1 is 0.424 bits per heavy atom. The van der Waals surface area contributed by atoms with Crippen LogP contribution in [0.4, 0.5) is 0 Å². The van der Waals surface area contributed by atoms with Crippen LogP contribution < -0.4 is 0 Å². The van der Waals surface area contributed by atoms with E-state index in [9.17, 15) is 4.79 Å². The number of nitrogens with zero attached hydrogens (tertiary/aromatic N) is 2. The Balaban J connectivity index is 1.49. The van der Waals surface area contributed by atoms with Crippen LogP contribution in [0.3, 0.4) is 0 Å². The summed E-state index contributed by atoms with van der Waals surface area (Å²) in [5.74, 6) is 1.56. The molecule has 9 rings (SSSR count). The quantitative estimate of drug-likeness (QED) is 0.0817. The highest BCUT2D eigenvalue weighted by molar-refractivity contribution is 6.02. The first-order valence-corrected chi connectivity index (χ1v) is 23.2. The molecule has 0 saturated heterocycles. The fraction of sp³-hybridized carbons (Fsp3) is 0.197. The monoisotopic (exact) mass is 860 g/mol. The van der Waals surface area contributed by atoms with Gasteiger partial charge in [-0.05, 0) is 117 Å². The highest BCUT2D eigenvalue weighted by Crippen LogP contribution is 2.40. The SMILES string of the molecule is CC(C)c1ccc(-c2c3nc(c(-c4ccc(C(C)C)cc4)c4cc(C=C=C=CC=O)c([nH]4)c(-c4ccc(C(C)C)cc4)c4nc(c(-c5ccc(C(C)C)cc5)c5ccc2[nH]5)C=C4)C=C3)cc1. The normalized spacial score (nSPS) is 12.0. The standard InChI is InChI=1S/C61H56N4O/c1-37(2)41-13-21-45(22-14-41)57-50-29-30-51(62-50)58(46-23-15-42(16-24-46)38(3)4)53-33-34-55(64-53)60(48-27-19-44(20-28-48)40(7)8)61-49(12-10-9-11-35-66)36-56(65-61)59(54-32-31-52(57)63-54)47-25-17-43(18-26-47)39(5)6/h11-40,62,65H,1-8H3. The summed E-state index contributed by atoms with van der Waals surface area (Å²) in [6, 6.07) is 42.0. The second-order valence-electron chi connectivity index (χ2n) is 18.6. The minimum Gasteiger partial charge on any atom is -0.354 e. The number of fused-ring (bicyclic) bond motifs is 8. The van der Waals surface area contributed by atoms with Crippen LogP contribution in [-0.4, -0.2) is 26.2 Å². The molecule has 0 fully saturated rings. The molecular formula is C61H56N4O. The third-order valence-corrected chi connectivity index (χ3v) is 12.8. The summed E-state index contributed by atoms with van der Waals surface area (Å²) >= 11 is 0. The average Bonchev–Trinajstić information content (AvgIpc) is 4.16. The Hall–Kier alpha value is -7.55. The van der Waals surface area contributed by atoms with Crippen molar-refractivity contribution < 1.29 is 4.79 Å². The molecule has 0 radical (unpaired) electrons. The van der Waals surface area contributed by atoms with Gasteiger partial charge in [-0.25, -0.2) is 9.97 Å². The van der Waals surface area contributed by atoms with Gasteiger partial charge in [0.15, 0.2) is 6.29 Å². The van der Waals surface area contributed by atoms with Gasteiger partial charge in [0, 0.05) is 50.4 Å². The van der Waals surface area contributed by atoms with Crippen molar-refractivity contribution in [2.24, 2.45) is 0 Å². The summed E-state index contributed by atoms with van der Waals surface area (Å²) in [5, 5.41) is 0. The zero-order chi connectivity index (χ0) is 46.1. The number of carbonyl (C=O) groups excluding carboxylic acids is 1. The topological polar surface area (TPSA) is 74.4 Å². The molecule has 2 aliphatic heterocycles. The summed E-state index contributed by atoms with van der Waals surface area (Å²) in [6.45, 7) is 17.8. The van der Waals surface area contributed by atoms with E-state index < -0.39 is 0 Å². The van der Waals surface area contributed by atoms with Gasteiger partial charge in [-0.15, -0.1) is 0 Å². The molecular weight excluding hydrogens is 805 g/mol. The maximum Gasteiger partial charge on any atom is 0.151 e. The van der Waals surface area contributed by atoms with Crippen molar-refractivity contribution in [1.29, 1.82) is 0 Å². The minimum atomic E-state index is 0.373. The molecule has 0 saturated carbocycles. The van der Waals surface area contributed by atoms with E-state index in [1.54, 1.807) is 0 Å². The summed E-state index contributed by atoms with van der Waals surface area (Å²) in [7, 11) is 0. The largest absolute Gasteiger partial charge is 0.354 e. The van der Waals surface area contributed by atoms with E-state index in [1.807, 2.05) is 6.08 Å². The number of hydrogen-bond donors (Lipinski definition) is 2. The number of allylic oxidation sites excluding steroid dienone is 1. The van der Waals surface area contributed by atoms with Gasteiger partial charge in [0.05, 0.1) is 28.3 Å². The smallest absolute Gasteiger partial charge is 0.151 e. The lowest BCUT2D eigenvalue weighted by molar-refractivity contribution is -0.104. The maximum atomic E-state index is 11.4. The van der Waals surface area contributed by atoms with E-state index in [2.05, 4.69) is 216 Å². The number of benzene rings is 4. The van der Waals surface area contributed by atoms with Crippen molar-refractivity contribution in [1.82, 2.24) is 19.9 Å². The molecule has 2 N–H and O–H groups in total. The summed E-state index contributed by atoms with van der Waals surface area (Å²) in [4.78, 5) is 30.3. The van der Waals surface area contributed by atoms with Gasteiger partial charge in [-0.2, -0.15) is 0 Å². The lowest BCUT2D eigenvalue weighted by Crippen LogP contribution is -1.92. The van der Waals surface area contributed by atoms with Crippen LogP contribution in [0.15, 0.2) is 133 Å². The van der Waals surface area contributed by atoms with Crippen LogP contribution in [0, 0.1) is 0 Å². The van der Waals surface area contributed by atoms with Crippen LogP contribution in [0.1, 0.15) is 130 Å². The number of rotatable bonds is 10. The second-order valence-corrected chi connectivity index (χ2v) is 18.6. The van der Waals surface area contributed by atoms with Crippen LogP contribution in [0.5, 0.6) is 0 Å². The summed E-state index contributed by atoms with van der Waals surface area (Å²) in [6.07, 6.45) is 12.5. The molecule has 5 nitrogen and oxygen atoms in total. The Labute approximate surface area is 388 Å². The van der Waals surface area contributed by atoms with Crippen LogP contribution in [0.2, 0.25) is 0 Å². The highest BCUT2D eigenvalue weighted by Gasteiger charge is 2.21. The molecule has 2 aliphatic rings. The number of aldehydes is 1. The Morgan fingerprint density at radius 3 is 1.14 bits per heavy atom. The predicted molar refractivity (Wildman–Crippen MR) is 279 cm³/mol. The molecule has 8 bridgehead atoms. The predicted octanol–water partition coefficient (Wildman–Crippen LogP) is 16.3. The van der Waals surface area contributed by atoms with Crippen molar-refractivity contribution in [3.05, 3.63) is 183 Å². The number of aromatic nitrogens is 4. The molecule has 4 aromatic carbocycles. The van der Waals surface area contributed by atoms with Crippen molar-refractivity contribution in [3.63, 3.8) is 0 Å². The van der Waals surface area contributed by atoms with Crippen molar-refractivity contribution in [2.45, 2.75) is 79.1 Å². The Morgan fingerprint density at radius 2 is 0.773 bits per heavy atom. The first-order valence-electron chi connectivity index (χ1n) is 23.2. The molecule has 0 unspecified atom stereocenters. The van der Waals surface area contributed by atoms with E-state index in [0.717, 1.165) is 94.9 Å². The minimum absolute atomic E-state index is 0.373. The van der Waals surface area contributed by atoms with Gasteiger partial charge >= 0.3 is 0 Å². The number of H-pyrrole nitrogens is 2. The third-order valence-electron chi connectivity index (χ3n) is 12.8. The van der Waals surface area contributed by atoms with Gasteiger partial charge < -0.3 is 9.97 Å². The van der Waals surface area contributed by atoms with E-state index in [4.69, 9.17) is 9.97 Å². The number of hydrogen-bond acceptors (Lipinski definition) is 3. The molecule has 326 valence electrons. The molecule has 66 heavy (non-hydrogen) atoms. The van der Waals surface area contributed by atoms with E-state index in [-0.39, 0.29) is 0 Å². The molecule has 7 aromatic rings. The zero-order valence-corrected chi connectivity index (χ0v) is 39.1. The number of nitrogens with one attached hydrogen (secondary N) is 2. The summed E-state index contributed by atoms with van der Waals surface area (Å²) < 4.78 is 0. The van der Waals surface area contributed by atoms with E-state index >= 15 is 0 Å². The van der Waals surface area contributed by atoms with Crippen LogP contribution in [-0.2, 0) is 4.79 Å². The third kappa shape index (κ3) is 8.67. The van der Waals surface area contributed by atoms with Gasteiger partial charge in [0.25, 0.3) is 0 Å². The van der Waals surface area contributed by atoms with E-state index in [1.165, 1.54) is 28.3 Å². The molecule has 0 aliphatic carbocycles. The molecule has 0 spiro atoms. The molecule has 3 aromatic heterocycles. The Kier molecular flexibility index (Phi) is 12.3. The van der Waals surface area contributed by atoms with Gasteiger partial charge in [-0.1, -0.05) is 164 Å². The molecule has 5 heteroatoms. The average molecular weight is 861 g/mol. The second kappa shape index (κ2) is 18.5. The van der Waals surface area contributed by atoms with Crippen LogP contribution >= 0.6 is 0 Å². The maximum absolute atomic E-state index is 11.4. The first kappa shape index (κ1) is 43.7. The number of aromatic amines is 2. The van der Waals surface area contributed by atoms with Gasteiger partial charge in [0.2, 0.25) is 0 Å². The van der Waals surface area contributed by atoms with Crippen molar-refractivity contribution >= 4 is 58.7 Å². The fourth-order valence-corrected chi connectivity index (χ4v) is 8.98. The van der Waals surface area contributed by atoms with E-state index in [0.29, 0.717) is 30.0 Å². The zero-order valence-electron chi connectivity index (χ0n) is 39.1. The fourth-order valence-electron chi connectivity index (χ4n) is 8.98. The first-order chi connectivity index (χ1) is 32.0. The van der Waals surface area contributed by atoms with Crippen LogP contribution in [0.25, 0.3) is 97.0 Å². The number of carbonyl (C=O) groups is 1. The van der Waals surface area contributed by atoms with Gasteiger partial charge in [-0.3, -0.25) is 4.79 Å². The lowest BCUT2D eigenvalue weighted by atomic mass is 9.97.